The number of amides is 2. The number of hydrogen-bond donors (Lipinski definition) is 0. The van der Waals surface area contributed by atoms with Crippen LogP contribution >= 0.6 is 24.0 Å². The van der Waals surface area contributed by atoms with Crippen LogP contribution in [0, 0.1) is 0 Å². The van der Waals surface area contributed by atoms with Gasteiger partial charge < -0.3 is 14.4 Å². The van der Waals surface area contributed by atoms with Gasteiger partial charge in [-0.05, 0) is 55.9 Å². The van der Waals surface area contributed by atoms with Gasteiger partial charge in [0.2, 0.25) is 0 Å². The van der Waals surface area contributed by atoms with Crippen molar-refractivity contribution in [2.75, 3.05) is 33.4 Å². The summed E-state index contributed by atoms with van der Waals surface area (Å²) in [5, 5.41) is 0. The molecular weight excluding hydrogens is 460 g/mol. The van der Waals surface area contributed by atoms with Gasteiger partial charge in [0, 0.05) is 26.1 Å². The predicted octanol–water partition coefficient (Wildman–Crippen LogP) is 4.01. The number of esters is 1. The van der Waals surface area contributed by atoms with Gasteiger partial charge in [-0.1, -0.05) is 42.5 Å². The van der Waals surface area contributed by atoms with Crippen molar-refractivity contribution < 1.29 is 23.9 Å². The summed E-state index contributed by atoms with van der Waals surface area (Å²) in [5.74, 6) is 0.337. The van der Waals surface area contributed by atoms with Crippen LogP contribution in [0.4, 0.5) is 0 Å². The molecular formula is C24H30N2O5S2. The highest BCUT2D eigenvalue weighted by Crippen LogP contribution is 2.33. The van der Waals surface area contributed by atoms with Crippen molar-refractivity contribution >= 4 is 52.2 Å². The fourth-order valence-electron chi connectivity index (χ4n) is 3.70. The van der Waals surface area contributed by atoms with Crippen LogP contribution in [0.5, 0.6) is 5.75 Å². The quantitative estimate of drug-likeness (QED) is 0.212. The Morgan fingerprint density at radius 1 is 1.09 bits per heavy atom. The molecule has 2 aliphatic rings. The SMILES string of the molecule is COC(=O)CCCCCN1C(=O)/C(=C\c2ccc(OCC(=O)N3CCCCC3)cc2)SC1=S. The molecule has 2 amide bonds. The average Bonchev–Trinajstić information content (AvgIpc) is 3.10. The highest BCUT2D eigenvalue weighted by Gasteiger charge is 2.31. The van der Waals surface area contributed by atoms with Gasteiger partial charge in [-0.2, -0.15) is 0 Å². The number of likely N-dealkylation sites (tertiary alicyclic amines) is 1. The number of piperidine rings is 1. The Labute approximate surface area is 204 Å². The van der Waals surface area contributed by atoms with Gasteiger partial charge in [0.1, 0.15) is 10.1 Å². The maximum Gasteiger partial charge on any atom is 0.305 e. The molecule has 0 unspecified atom stereocenters. The van der Waals surface area contributed by atoms with Gasteiger partial charge in [0.25, 0.3) is 11.8 Å². The Morgan fingerprint density at radius 3 is 2.52 bits per heavy atom. The zero-order valence-corrected chi connectivity index (χ0v) is 20.6. The topological polar surface area (TPSA) is 76.1 Å². The lowest BCUT2D eigenvalue weighted by molar-refractivity contribution is -0.140. The maximum absolute atomic E-state index is 12.7. The average molecular weight is 491 g/mol. The summed E-state index contributed by atoms with van der Waals surface area (Å²) in [7, 11) is 1.38. The zero-order chi connectivity index (χ0) is 23.6. The van der Waals surface area contributed by atoms with E-state index in [-0.39, 0.29) is 24.4 Å². The molecule has 2 aliphatic heterocycles. The lowest BCUT2D eigenvalue weighted by Crippen LogP contribution is -2.38. The van der Waals surface area contributed by atoms with Crippen LogP contribution in [0.15, 0.2) is 29.2 Å². The van der Waals surface area contributed by atoms with E-state index in [1.54, 1.807) is 17.0 Å². The second kappa shape index (κ2) is 12.7. The lowest BCUT2D eigenvalue weighted by Gasteiger charge is -2.26. The number of rotatable bonds is 10. The van der Waals surface area contributed by atoms with Crippen LogP contribution < -0.4 is 4.74 Å². The van der Waals surface area contributed by atoms with Crippen molar-refractivity contribution in [3.8, 4) is 5.75 Å². The number of methoxy groups -OCH3 is 1. The van der Waals surface area contributed by atoms with E-state index < -0.39 is 0 Å². The molecule has 0 saturated carbocycles. The first kappa shape index (κ1) is 25.2. The third kappa shape index (κ3) is 7.57. The maximum atomic E-state index is 12.7. The Kier molecular flexibility index (Phi) is 9.75. The van der Waals surface area contributed by atoms with Gasteiger partial charge in [0.15, 0.2) is 6.61 Å². The molecule has 0 radical (unpaired) electrons. The number of carbonyl (C=O) groups is 3. The predicted molar refractivity (Wildman–Crippen MR) is 133 cm³/mol. The van der Waals surface area contributed by atoms with Crippen molar-refractivity contribution in [2.45, 2.75) is 44.9 Å². The van der Waals surface area contributed by atoms with Crippen molar-refractivity contribution in [2.24, 2.45) is 0 Å². The summed E-state index contributed by atoms with van der Waals surface area (Å²) in [4.78, 5) is 40.2. The van der Waals surface area contributed by atoms with Gasteiger partial charge in [-0.15, -0.1) is 0 Å². The number of thiocarbonyl (C=S) groups is 1. The molecule has 2 saturated heterocycles. The molecule has 1 aromatic carbocycles. The molecule has 3 rings (SSSR count). The molecule has 2 heterocycles. The van der Waals surface area contributed by atoms with Crippen molar-refractivity contribution in [1.29, 1.82) is 0 Å². The minimum atomic E-state index is -0.214. The van der Waals surface area contributed by atoms with Crippen LogP contribution in [0.2, 0.25) is 0 Å². The molecule has 0 spiro atoms. The minimum Gasteiger partial charge on any atom is -0.484 e. The third-order valence-electron chi connectivity index (χ3n) is 5.61. The highest BCUT2D eigenvalue weighted by atomic mass is 32.2. The van der Waals surface area contributed by atoms with Gasteiger partial charge in [-0.25, -0.2) is 0 Å². The zero-order valence-electron chi connectivity index (χ0n) is 18.9. The second-order valence-electron chi connectivity index (χ2n) is 8.02. The number of carbonyl (C=O) groups excluding carboxylic acids is 3. The van der Waals surface area contributed by atoms with Gasteiger partial charge in [0.05, 0.1) is 12.0 Å². The van der Waals surface area contributed by atoms with E-state index in [0.29, 0.717) is 27.9 Å². The standard InChI is InChI=1S/C24H30N2O5S2/c1-30-22(28)8-4-2-7-15-26-23(29)20(33-24(26)32)16-18-9-11-19(12-10-18)31-17-21(27)25-13-5-3-6-14-25/h9-12,16H,2-8,13-15,17H2,1H3/b20-16+. The molecule has 0 bridgehead atoms. The van der Waals surface area contributed by atoms with Crippen molar-refractivity contribution in [3.63, 3.8) is 0 Å². The normalized spacial score (nSPS) is 17.5. The number of hydrogen-bond acceptors (Lipinski definition) is 7. The van der Waals surface area contributed by atoms with Crippen molar-refractivity contribution in [3.05, 3.63) is 34.7 Å². The summed E-state index contributed by atoms with van der Waals surface area (Å²) >= 11 is 6.68. The molecule has 7 nitrogen and oxygen atoms in total. The molecule has 9 heteroatoms. The Hall–Kier alpha value is -2.39. The van der Waals surface area contributed by atoms with Crippen LogP contribution in [0.25, 0.3) is 6.08 Å². The first-order chi connectivity index (χ1) is 16.0. The smallest absolute Gasteiger partial charge is 0.305 e. The van der Waals surface area contributed by atoms with E-state index in [1.165, 1.54) is 25.3 Å². The Balaban J connectivity index is 1.46. The largest absolute Gasteiger partial charge is 0.484 e. The van der Waals surface area contributed by atoms with Gasteiger partial charge >= 0.3 is 5.97 Å². The number of thioether (sulfide) groups is 1. The molecule has 0 aliphatic carbocycles. The first-order valence-electron chi connectivity index (χ1n) is 11.3. The third-order valence-corrected chi connectivity index (χ3v) is 6.99. The molecule has 0 N–H and O–H groups in total. The lowest BCUT2D eigenvalue weighted by atomic mass is 10.1. The summed E-state index contributed by atoms with van der Waals surface area (Å²) in [6.45, 7) is 2.21. The summed E-state index contributed by atoms with van der Waals surface area (Å²) in [6.07, 6.45) is 7.84. The summed E-state index contributed by atoms with van der Waals surface area (Å²) < 4.78 is 10.8. The van der Waals surface area contributed by atoms with E-state index in [9.17, 15) is 14.4 Å². The minimum absolute atomic E-state index is 0.0211. The first-order valence-corrected chi connectivity index (χ1v) is 12.5. The molecule has 0 aromatic heterocycles. The number of ether oxygens (including phenoxy) is 2. The van der Waals surface area contributed by atoms with E-state index in [0.717, 1.165) is 50.8 Å². The van der Waals surface area contributed by atoms with Crippen LogP contribution in [-0.4, -0.2) is 65.3 Å². The van der Waals surface area contributed by atoms with E-state index in [2.05, 4.69) is 4.74 Å². The number of benzene rings is 1. The van der Waals surface area contributed by atoms with E-state index in [4.69, 9.17) is 17.0 Å². The fraction of sp³-hybridized carbons (Fsp3) is 0.500. The van der Waals surface area contributed by atoms with Crippen molar-refractivity contribution in [1.82, 2.24) is 9.80 Å². The Morgan fingerprint density at radius 2 is 1.82 bits per heavy atom. The molecule has 178 valence electrons. The molecule has 33 heavy (non-hydrogen) atoms. The number of nitrogens with zero attached hydrogens (tertiary/aromatic N) is 2. The van der Waals surface area contributed by atoms with Crippen LogP contribution in [0.1, 0.15) is 50.5 Å². The fourth-order valence-corrected chi connectivity index (χ4v) is 5.01. The monoisotopic (exact) mass is 490 g/mol. The summed E-state index contributed by atoms with van der Waals surface area (Å²) in [5.41, 5.74) is 0.864. The number of unbranched alkanes of at least 4 members (excludes halogenated alkanes) is 2. The highest BCUT2D eigenvalue weighted by molar-refractivity contribution is 8.26. The van der Waals surface area contributed by atoms with Crippen LogP contribution in [-0.2, 0) is 19.1 Å². The summed E-state index contributed by atoms with van der Waals surface area (Å²) in [6, 6.07) is 7.33. The van der Waals surface area contributed by atoms with E-state index >= 15 is 0 Å². The Bertz CT molecular complexity index is 895. The van der Waals surface area contributed by atoms with Crippen LogP contribution in [0.3, 0.4) is 0 Å². The molecule has 1 aromatic rings. The van der Waals surface area contributed by atoms with Gasteiger partial charge in [-0.3, -0.25) is 19.3 Å². The molecule has 2 fully saturated rings. The second-order valence-corrected chi connectivity index (χ2v) is 9.70. The molecule has 0 atom stereocenters. The van der Waals surface area contributed by atoms with E-state index in [1.807, 2.05) is 23.1 Å².